The van der Waals surface area contributed by atoms with Gasteiger partial charge < -0.3 is 10.6 Å². The van der Waals surface area contributed by atoms with E-state index in [2.05, 4.69) is 4.98 Å². The number of carbonyl (C=O) groups is 1. The van der Waals surface area contributed by atoms with Gasteiger partial charge in [-0.3, -0.25) is 4.79 Å². The van der Waals surface area contributed by atoms with Gasteiger partial charge in [0.15, 0.2) is 0 Å². The van der Waals surface area contributed by atoms with Crippen molar-refractivity contribution in [3.63, 3.8) is 0 Å². The molecular weight excluding hydrogens is 226 g/mol. The number of aromatic nitrogens is 1. The molecule has 1 amide bonds. The molecule has 86 valence electrons. The molecule has 0 spiro atoms. The second-order valence-electron chi connectivity index (χ2n) is 3.97. The number of nitrogens with two attached hydrogens (primary N) is 1. The first-order valence-corrected chi connectivity index (χ1v) is 5.71. The maximum absolute atomic E-state index is 12.1. The maximum atomic E-state index is 12.1. The zero-order valence-corrected chi connectivity index (χ0v) is 9.65. The van der Waals surface area contributed by atoms with Gasteiger partial charge in [0.1, 0.15) is 5.15 Å². The van der Waals surface area contributed by atoms with Crippen LogP contribution in [-0.2, 0) is 0 Å². The van der Waals surface area contributed by atoms with Crippen molar-refractivity contribution in [2.75, 3.05) is 13.1 Å². The van der Waals surface area contributed by atoms with Crippen molar-refractivity contribution in [3.05, 3.63) is 29.0 Å². The second kappa shape index (κ2) is 4.80. The largest absolute Gasteiger partial charge is 0.338 e. The summed E-state index contributed by atoms with van der Waals surface area (Å²) in [4.78, 5) is 17.8. The van der Waals surface area contributed by atoms with E-state index < -0.39 is 0 Å². The Morgan fingerprint density at radius 1 is 1.50 bits per heavy atom. The van der Waals surface area contributed by atoms with Crippen molar-refractivity contribution < 1.29 is 4.79 Å². The van der Waals surface area contributed by atoms with Crippen LogP contribution in [0.3, 0.4) is 0 Å². The summed E-state index contributed by atoms with van der Waals surface area (Å²) in [6, 6.07) is 3.63. The minimum absolute atomic E-state index is 0.0509. The van der Waals surface area contributed by atoms with Crippen LogP contribution in [0.4, 0.5) is 0 Å². The van der Waals surface area contributed by atoms with E-state index in [-0.39, 0.29) is 17.1 Å². The Balaban J connectivity index is 2.11. The number of piperidine rings is 1. The van der Waals surface area contributed by atoms with Crippen LogP contribution in [0, 0.1) is 0 Å². The van der Waals surface area contributed by atoms with Crippen molar-refractivity contribution in [2.24, 2.45) is 5.73 Å². The van der Waals surface area contributed by atoms with Crippen molar-refractivity contribution in [3.8, 4) is 0 Å². The molecule has 2 heterocycles. The van der Waals surface area contributed by atoms with Crippen LogP contribution >= 0.6 is 11.6 Å². The van der Waals surface area contributed by atoms with E-state index in [1.807, 2.05) is 0 Å². The number of nitrogens with zero attached hydrogens (tertiary/aromatic N) is 2. The van der Waals surface area contributed by atoms with Crippen LogP contribution in [-0.4, -0.2) is 34.9 Å². The topological polar surface area (TPSA) is 59.2 Å². The molecule has 5 heteroatoms. The van der Waals surface area contributed by atoms with E-state index in [1.165, 1.54) is 0 Å². The average Bonchev–Trinajstić information content (AvgIpc) is 2.30. The molecule has 1 aliphatic rings. The Morgan fingerprint density at radius 2 is 2.19 bits per heavy atom. The Kier molecular flexibility index (Phi) is 3.41. The van der Waals surface area contributed by atoms with Crippen LogP contribution in [0.15, 0.2) is 18.3 Å². The van der Waals surface area contributed by atoms with E-state index in [0.29, 0.717) is 18.7 Å². The molecule has 2 N–H and O–H groups in total. The van der Waals surface area contributed by atoms with Gasteiger partial charge in [0.25, 0.3) is 5.91 Å². The van der Waals surface area contributed by atoms with Gasteiger partial charge in [0.05, 0.1) is 5.56 Å². The Bertz CT molecular complexity index is 389. The standard InChI is InChI=1S/C11H14ClN3O/c12-10-9(2-1-5-14-10)11(16)15-6-3-8(13)4-7-15/h1-2,5,8H,3-4,6-7,13H2. The Labute approximate surface area is 99.4 Å². The first-order chi connectivity index (χ1) is 7.68. The molecule has 1 aromatic rings. The summed E-state index contributed by atoms with van der Waals surface area (Å²) in [5.41, 5.74) is 6.26. The van der Waals surface area contributed by atoms with Crippen molar-refractivity contribution in [1.82, 2.24) is 9.88 Å². The number of pyridine rings is 1. The second-order valence-corrected chi connectivity index (χ2v) is 4.33. The van der Waals surface area contributed by atoms with Crippen LogP contribution in [0.5, 0.6) is 0 Å². The minimum atomic E-state index is -0.0509. The van der Waals surface area contributed by atoms with Crippen LogP contribution in [0.1, 0.15) is 23.2 Å². The van der Waals surface area contributed by atoms with Gasteiger partial charge in [-0.2, -0.15) is 0 Å². The van der Waals surface area contributed by atoms with Crippen molar-refractivity contribution >= 4 is 17.5 Å². The SMILES string of the molecule is NC1CCN(C(=O)c2cccnc2Cl)CC1. The van der Waals surface area contributed by atoms with E-state index in [9.17, 15) is 4.79 Å². The number of likely N-dealkylation sites (tertiary alicyclic amines) is 1. The molecule has 0 atom stereocenters. The summed E-state index contributed by atoms with van der Waals surface area (Å²) >= 11 is 5.88. The van der Waals surface area contributed by atoms with Gasteiger partial charge in [0.2, 0.25) is 0 Å². The fourth-order valence-corrected chi connectivity index (χ4v) is 2.02. The van der Waals surface area contributed by atoms with Crippen LogP contribution in [0.2, 0.25) is 5.15 Å². The van der Waals surface area contributed by atoms with Gasteiger partial charge in [-0.05, 0) is 25.0 Å². The first-order valence-electron chi connectivity index (χ1n) is 5.34. The molecule has 0 aliphatic carbocycles. The van der Waals surface area contributed by atoms with E-state index in [0.717, 1.165) is 12.8 Å². The smallest absolute Gasteiger partial charge is 0.256 e. The third kappa shape index (κ3) is 2.33. The van der Waals surface area contributed by atoms with E-state index in [1.54, 1.807) is 23.2 Å². The van der Waals surface area contributed by atoms with Crippen molar-refractivity contribution in [2.45, 2.75) is 18.9 Å². The van der Waals surface area contributed by atoms with Crippen LogP contribution in [0.25, 0.3) is 0 Å². The van der Waals surface area contributed by atoms with Crippen molar-refractivity contribution in [1.29, 1.82) is 0 Å². The predicted octanol–water partition coefficient (Wildman–Crippen LogP) is 1.30. The maximum Gasteiger partial charge on any atom is 0.256 e. The molecule has 1 aromatic heterocycles. The van der Waals surface area contributed by atoms with Gasteiger partial charge >= 0.3 is 0 Å². The fourth-order valence-electron chi connectivity index (χ4n) is 1.82. The summed E-state index contributed by atoms with van der Waals surface area (Å²) in [7, 11) is 0. The summed E-state index contributed by atoms with van der Waals surface area (Å²) in [5.74, 6) is -0.0509. The zero-order chi connectivity index (χ0) is 11.5. The van der Waals surface area contributed by atoms with Gasteiger partial charge in [-0.25, -0.2) is 4.98 Å². The average molecular weight is 240 g/mol. The van der Waals surface area contributed by atoms with Gasteiger partial charge in [-0.15, -0.1) is 0 Å². The first kappa shape index (κ1) is 11.4. The molecule has 2 rings (SSSR count). The number of rotatable bonds is 1. The lowest BCUT2D eigenvalue weighted by Crippen LogP contribution is -2.42. The lowest BCUT2D eigenvalue weighted by molar-refractivity contribution is 0.0714. The number of carbonyl (C=O) groups excluding carboxylic acids is 1. The summed E-state index contributed by atoms with van der Waals surface area (Å²) < 4.78 is 0. The lowest BCUT2D eigenvalue weighted by atomic mass is 10.1. The molecule has 0 unspecified atom stereocenters. The van der Waals surface area contributed by atoms with E-state index >= 15 is 0 Å². The Hall–Kier alpha value is -1.13. The molecule has 0 saturated carbocycles. The highest BCUT2D eigenvalue weighted by Crippen LogP contribution is 2.17. The molecule has 1 aliphatic heterocycles. The minimum Gasteiger partial charge on any atom is -0.338 e. The molecule has 4 nitrogen and oxygen atoms in total. The summed E-state index contributed by atoms with van der Waals surface area (Å²) in [6.07, 6.45) is 3.28. The molecule has 0 aromatic carbocycles. The normalized spacial score (nSPS) is 17.5. The number of hydrogen-bond donors (Lipinski definition) is 1. The number of hydrogen-bond acceptors (Lipinski definition) is 3. The van der Waals surface area contributed by atoms with Gasteiger partial charge in [-0.1, -0.05) is 11.6 Å². The van der Waals surface area contributed by atoms with E-state index in [4.69, 9.17) is 17.3 Å². The highest BCUT2D eigenvalue weighted by atomic mass is 35.5. The highest BCUT2D eigenvalue weighted by Gasteiger charge is 2.23. The lowest BCUT2D eigenvalue weighted by Gasteiger charge is -2.30. The molecule has 0 bridgehead atoms. The third-order valence-corrected chi connectivity index (χ3v) is 3.12. The molecule has 16 heavy (non-hydrogen) atoms. The third-order valence-electron chi connectivity index (χ3n) is 2.82. The zero-order valence-electron chi connectivity index (χ0n) is 8.90. The Morgan fingerprint density at radius 3 is 2.81 bits per heavy atom. The highest BCUT2D eigenvalue weighted by molar-refractivity contribution is 6.32. The van der Waals surface area contributed by atoms with Gasteiger partial charge in [0, 0.05) is 25.3 Å². The monoisotopic (exact) mass is 239 g/mol. The molecule has 1 fully saturated rings. The predicted molar refractivity (Wildman–Crippen MR) is 62.4 cm³/mol. The van der Waals surface area contributed by atoms with Crippen LogP contribution < -0.4 is 5.73 Å². The molecule has 0 radical (unpaired) electrons. The molecular formula is C11H14ClN3O. The number of halogens is 1. The summed E-state index contributed by atoms with van der Waals surface area (Å²) in [6.45, 7) is 1.40. The quantitative estimate of drug-likeness (QED) is 0.752. The number of amides is 1. The fraction of sp³-hybridized carbons (Fsp3) is 0.455. The molecule has 1 saturated heterocycles. The summed E-state index contributed by atoms with van der Waals surface area (Å²) in [5, 5.41) is 0.266.